The van der Waals surface area contributed by atoms with Gasteiger partial charge in [-0.3, -0.25) is 9.10 Å². The first-order valence-electron chi connectivity index (χ1n) is 10.2. The van der Waals surface area contributed by atoms with Crippen LogP contribution < -0.4 is 19.1 Å². The minimum Gasteiger partial charge on any atom is -0.497 e. The molecule has 0 aromatic heterocycles. The molecule has 29 heavy (non-hydrogen) atoms. The fourth-order valence-electron chi connectivity index (χ4n) is 3.13. The number of sulfonamides is 1. The van der Waals surface area contributed by atoms with Crippen molar-refractivity contribution in [3.8, 4) is 11.5 Å². The first-order valence-corrected chi connectivity index (χ1v) is 12.1. The first kappa shape index (κ1) is 25.1. The third-order valence-electron chi connectivity index (χ3n) is 4.95. The van der Waals surface area contributed by atoms with Gasteiger partial charge in [-0.15, -0.1) is 0 Å². The largest absolute Gasteiger partial charge is 0.497 e. The summed E-state index contributed by atoms with van der Waals surface area (Å²) in [6, 6.07) is 5.00. The van der Waals surface area contributed by atoms with Crippen molar-refractivity contribution in [2.24, 2.45) is 5.92 Å². The highest BCUT2D eigenvalue weighted by molar-refractivity contribution is 7.92. The molecule has 1 unspecified atom stereocenters. The van der Waals surface area contributed by atoms with E-state index in [1.807, 2.05) is 0 Å². The van der Waals surface area contributed by atoms with Crippen LogP contribution in [-0.4, -0.2) is 47.9 Å². The Morgan fingerprint density at radius 2 is 1.90 bits per heavy atom. The van der Waals surface area contributed by atoms with E-state index >= 15 is 0 Å². The van der Waals surface area contributed by atoms with Crippen LogP contribution in [0.5, 0.6) is 11.5 Å². The number of methoxy groups -OCH3 is 2. The van der Waals surface area contributed by atoms with Gasteiger partial charge in [-0.1, -0.05) is 33.1 Å². The molecule has 1 aromatic rings. The number of nitrogens with zero attached hydrogens (tertiary/aromatic N) is 1. The molecule has 0 bridgehead atoms. The maximum Gasteiger partial charge on any atom is 0.232 e. The smallest absolute Gasteiger partial charge is 0.232 e. The Bertz CT molecular complexity index is 737. The zero-order valence-corrected chi connectivity index (χ0v) is 19.2. The Kier molecular flexibility index (Phi) is 10.9. The molecule has 0 aliphatic heterocycles. The van der Waals surface area contributed by atoms with Gasteiger partial charge >= 0.3 is 0 Å². The molecule has 1 amide bonds. The van der Waals surface area contributed by atoms with Crippen molar-refractivity contribution in [1.29, 1.82) is 0 Å². The first-order chi connectivity index (χ1) is 13.8. The van der Waals surface area contributed by atoms with E-state index in [4.69, 9.17) is 9.47 Å². The van der Waals surface area contributed by atoms with Crippen LogP contribution >= 0.6 is 0 Å². The van der Waals surface area contributed by atoms with Gasteiger partial charge in [0, 0.05) is 25.6 Å². The number of unbranched alkanes of at least 4 members (excludes halogenated alkanes) is 1. The molecule has 0 spiro atoms. The van der Waals surface area contributed by atoms with Crippen molar-refractivity contribution >= 4 is 21.6 Å². The van der Waals surface area contributed by atoms with E-state index in [-0.39, 0.29) is 18.9 Å². The molecule has 1 aromatic carbocycles. The predicted molar refractivity (Wildman–Crippen MR) is 117 cm³/mol. The Hall–Kier alpha value is -1.96. The summed E-state index contributed by atoms with van der Waals surface area (Å²) < 4.78 is 36.5. The van der Waals surface area contributed by atoms with E-state index in [0.29, 0.717) is 36.1 Å². The Morgan fingerprint density at radius 1 is 1.17 bits per heavy atom. The predicted octanol–water partition coefficient (Wildman–Crippen LogP) is 3.58. The summed E-state index contributed by atoms with van der Waals surface area (Å²) in [5, 5.41) is 2.98. The van der Waals surface area contributed by atoms with E-state index < -0.39 is 10.0 Å². The second kappa shape index (κ2) is 12.6. The molecule has 0 aliphatic carbocycles. The lowest BCUT2D eigenvalue weighted by atomic mass is 9.99. The highest BCUT2D eigenvalue weighted by Crippen LogP contribution is 2.33. The molecule has 166 valence electrons. The SMILES string of the molecule is CCCCC(CC)CNC(=O)CCCN(c1cc(OC)ccc1OC)S(C)(=O)=O. The molecule has 0 saturated heterocycles. The Balaban J connectivity index is 2.72. The zero-order chi connectivity index (χ0) is 21.9. The van der Waals surface area contributed by atoms with Gasteiger partial charge in [-0.2, -0.15) is 0 Å². The van der Waals surface area contributed by atoms with Gasteiger partial charge in [-0.05, 0) is 30.9 Å². The number of amides is 1. The summed E-state index contributed by atoms with van der Waals surface area (Å²) in [6.07, 6.45) is 6.29. The number of ether oxygens (including phenoxy) is 2. The van der Waals surface area contributed by atoms with Crippen LogP contribution in [0.4, 0.5) is 5.69 Å². The monoisotopic (exact) mass is 428 g/mol. The van der Waals surface area contributed by atoms with E-state index in [1.54, 1.807) is 18.2 Å². The van der Waals surface area contributed by atoms with Gasteiger partial charge in [0.15, 0.2) is 0 Å². The fraction of sp³-hybridized carbons (Fsp3) is 0.667. The normalized spacial score (nSPS) is 12.3. The zero-order valence-electron chi connectivity index (χ0n) is 18.4. The van der Waals surface area contributed by atoms with Crippen molar-refractivity contribution in [3.63, 3.8) is 0 Å². The van der Waals surface area contributed by atoms with Gasteiger partial charge in [0.05, 0.1) is 26.2 Å². The van der Waals surface area contributed by atoms with Crippen LogP contribution in [0.2, 0.25) is 0 Å². The van der Waals surface area contributed by atoms with E-state index in [2.05, 4.69) is 19.2 Å². The summed E-state index contributed by atoms with van der Waals surface area (Å²) in [6.45, 7) is 5.16. The summed E-state index contributed by atoms with van der Waals surface area (Å²) >= 11 is 0. The molecule has 8 heteroatoms. The van der Waals surface area contributed by atoms with Crippen LogP contribution in [0.3, 0.4) is 0 Å². The molecule has 1 rings (SSSR count). The molecule has 1 atom stereocenters. The van der Waals surface area contributed by atoms with Crippen molar-refractivity contribution in [2.75, 3.05) is 37.9 Å². The minimum atomic E-state index is -3.55. The number of carbonyl (C=O) groups is 1. The third kappa shape index (κ3) is 8.51. The topological polar surface area (TPSA) is 84.9 Å². The number of anilines is 1. The van der Waals surface area contributed by atoms with Gasteiger partial charge in [0.2, 0.25) is 15.9 Å². The van der Waals surface area contributed by atoms with E-state index in [1.165, 1.54) is 24.9 Å². The maximum atomic E-state index is 12.4. The molecule has 0 aliphatic rings. The fourth-order valence-corrected chi connectivity index (χ4v) is 4.09. The molecule has 0 fully saturated rings. The highest BCUT2D eigenvalue weighted by Gasteiger charge is 2.22. The lowest BCUT2D eigenvalue weighted by molar-refractivity contribution is -0.121. The van der Waals surface area contributed by atoms with E-state index in [0.717, 1.165) is 25.5 Å². The second-order valence-electron chi connectivity index (χ2n) is 7.20. The van der Waals surface area contributed by atoms with Gasteiger partial charge in [0.1, 0.15) is 11.5 Å². The minimum absolute atomic E-state index is 0.0500. The van der Waals surface area contributed by atoms with Gasteiger partial charge in [0.25, 0.3) is 0 Å². The molecule has 1 N–H and O–H groups in total. The van der Waals surface area contributed by atoms with Crippen LogP contribution in [0.15, 0.2) is 18.2 Å². The van der Waals surface area contributed by atoms with E-state index in [9.17, 15) is 13.2 Å². The number of hydrogen-bond acceptors (Lipinski definition) is 5. The Morgan fingerprint density at radius 3 is 2.45 bits per heavy atom. The highest BCUT2D eigenvalue weighted by atomic mass is 32.2. The van der Waals surface area contributed by atoms with Crippen molar-refractivity contribution in [3.05, 3.63) is 18.2 Å². The van der Waals surface area contributed by atoms with Crippen LogP contribution in [0, 0.1) is 5.92 Å². The molecular formula is C21H36N2O5S. The molecular weight excluding hydrogens is 392 g/mol. The van der Waals surface area contributed by atoms with Crippen molar-refractivity contribution in [2.45, 2.75) is 52.4 Å². The second-order valence-corrected chi connectivity index (χ2v) is 9.10. The van der Waals surface area contributed by atoms with Crippen LogP contribution in [0.1, 0.15) is 52.4 Å². The van der Waals surface area contributed by atoms with Crippen LogP contribution in [0.25, 0.3) is 0 Å². The maximum absolute atomic E-state index is 12.4. The molecule has 7 nitrogen and oxygen atoms in total. The number of nitrogens with one attached hydrogen (secondary N) is 1. The summed E-state index contributed by atoms with van der Waals surface area (Å²) in [5.41, 5.74) is 0.403. The van der Waals surface area contributed by atoms with Crippen molar-refractivity contribution in [1.82, 2.24) is 5.32 Å². The average Bonchev–Trinajstić information content (AvgIpc) is 2.70. The van der Waals surface area contributed by atoms with Gasteiger partial charge in [-0.25, -0.2) is 8.42 Å². The number of rotatable bonds is 14. The Labute approximate surface area is 175 Å². The number of hydrogen-bond donors (Lipinski definition) is 1. The number of carbonyl (C=O) groups excluding carboxylic acids is 1. The summed E-state index contributed by atoms with van der Waals surface area (Å²) in [5.74, 6) is 1.41. The lowest BCUT2D eigenvalue weighted by Crippen LogP contribution is -2.33. The summed E-state index contributed by atoms with van der Waals surface area (Å²) in [7, 11) is -0.541. The average molecular weight is 429 g/mol. The number of benzene rings is 1. The van der Waals surface area contributed by atoms with Crippen molar-refractivity contribution < 1.29 is 22.7 Å². The summed E-state index contributed by atoms with van der Waals surface area (Å²) in [4.78, 5) is 12.2. The molecule has 0 heterocycles. The van der Waals surface area contributed by atoms with Gasteiger partial charge < -0.3 is 14.8 Å². The molecule has 0 radical (unpaired) electrons. The standard InChI is InChI=1S/C21H36N2O5S/c1-6-8-10-17(7-2)16-22-21(24)11-9-14-23(29(5,25)26)19-15-18(27-3)12-13-20(19)28-4/h12-13,15,17H,6-11,14,16H2,1-5H3,(H,22,24). The van der Waals surface area contributed by atoms with Crippen LogP contribution in [-0.2, 0) is 14.8 Å². The quantitative estimate of drug-likeness (QED) is 0.489. The molecule has 0 saturated carbocycles. The third-order valence-corrected chi connectivity index (χ3v) is 6.13. The lowest BCUT2D eigenvalue weighted by Gasteiger charge is -2.24.